The van der Waals surface area contributed by atoms with Gasteiger partial charge in [-0.25, -0.2) is 0 Å². The number of benzene rings is 4. The molecule has 0 saturated carbocycles. The molecule has 170 valence electrons. The predicted molar refractivity (Wildman–Crippen MR) is 157 cm³/mol. The smallest absolute Gasteiger partial charge is 0.0123 e. The van der Waals surface area contributed by atoms with E-state index in [0.29, 0.717) is 0 Å². The van der Waals surface area contributed by atoms with E-state index in [4.69, 9.17) is 0 Å². The van der Waals surface area contributed by atoms with Gasteiger partial charge in [0.1, 0.15) is 0 Å². The van der Waals surface area contributed by atoms with Crippen molar-refractivity contribution in [1.29, 1.82) is 0 Å². The third-order valence-electron chi connectivity index (χ3n) is 6.04. The Morgan fingerprint density at radius 2 is 0.824 bits per heavy atom. The summed E-state index contributed by atoms with van der Waals surface area (Å²) in [7, 11) is -0.813. The molecule has 4 aromatic carbocycles. The Morgan fingerprint density at radius 1 is 0.471 bits per heavy atom. The zero-order valence-corrected chi connectivity index (χ0v) is 21.5. The van der Waals surface area contributed by atoms with Crippen LogP contribution in [-0.4, -0.2) is 12.3 Å². The van der Waals surface area contributed by atoms with Gasteiger partial charge in [-0.15, -0.1) is 0 Å². The molecule has 0 bridgehead atoms. The lowest BCUT2D eigenvalue weighted by Crippen LogP contribution is -2.18. The Hall–Kier alpha value is -2.78. The van der Waals surface area contributed by atoms with Crippen molar-refractivity contribution in [3.05, 3.63) is 133 Å². The van der Waals surface area contributed by atoms with Crippen LogP contribution in [0.5, 0.6) is 0 Å². The van der Waals surface area contributed by atoms with Crippen LogP contribution >= 0.6 is 15.8 Å². The molecule has 0 heterocycles. The van der Waals surface area contributed by atoms with Gasteiger partial charge in [0.15, 0.2) is 0 Å². The largest absolute Gasteiger partial charge is 0.0984 e. The van der Waals surface area contributed by atoms with Crippen LogP contribution in [0.4, 0.5) is 0 Å². The van der Waals surface area contributed by atoms with Gasteiger partial charge in [-0.2, -0.15) is 0 Å². The second-order valence-corrected chi connectivity index (χ2v) is 12.8. The van der Waals surface area contributed by atoms with Crippen LogP contribution < -0.4 is 21.2 Å². The first-order valence-electron chi connectivity index (χ1n) is 11.9. The molecular formula is C32H32P2. The fourth-order valence-electron chi connectivity index (χ4n) is 4.34. The summed E-state index contributed by atoms with van der Waals surface area (Å²) < 4.78 is 0. The van der Waals surface area contributed by atoms with Crippen molar-refractivity contribution in [2.24, 2.45) is 0 Å². The minimum atomic E-state index is -0.406. The quantitative estimate of drug-likeness (QED) is 0.157. The minimum absolute atomic E-state index is 0.406. The average molecular weight is 479 g/mol. The SMILES string of the molecule is C=Cc1ccccc1P(CCCCP(c1ccccc1)c1ccccc1C=C)c1ccccc1. The Morgan fingerprint density at radius 3 is 1.21 bits per heavy atom. The molecule has 4 rings (SSSR count). The molecule has 2 atom stereocenters. The number of rotatable bonds is 11. The molecule has 4 aromatic rings. The first-order chi connectivity index (χ1) is 16.8. The summed E-state index contributed by atoms with van der Waals surface area (Å²) in [6.45, 7) is 8.15. The van der Waals surface area contributed by atoms with Crippen LogP contribution in [0.15, 0.2) is 122 Å². The van der Waals surface area contributed by atoms with Gasteiger partial charge in [-0.1, -0.05) is 135 Å². The van der Waals surface area contributed by atoms with Gasteiger partial charge in [0.05, 0.1) is 0 Å². The van der Waals surface area contributed by atoms with E-state index >= 15 is 0 Å². The minimum Gasteiger partial charge on any atom is -0.0984 e. The maximum absolute atomic E-state index is 4.08. The molecule has 0 saturated heterocycles. The molecule has 0 aliphatic heterocycles. The molecule has 34 heavy (non-hydrogen) atoms. The van der Waals surface area contributed by atoms with E-state index in [1.54, 1.807) is 0 Å². The molecule has 0 amide bonds. The summed E-state index contributed by atoms with van der Waals surface area (Å²) in [5.41, 5.74) is 2.54. The summed E-state index contributed by atoms with van der Waals surface area (Å²) in [6, 6.07) is 39.6. The number of unbranched alkanes of at least 4 members (excludes halogenated alkanes) is 1. The summed E-state index contributed by atoms with van der Waals surface area (Å²) in [5, 5.41) is 5.80. The fraction of sp³-hybridized carbons (Fsp3) is 0.125. The van der Waals surface area contributed by atoms with Gasteiger partial charge in [0, 0.05) is 0 Å². The first-order valence-corrected chi connectivity index (χ1v) is 15.0. The molecule has 0 N–H and O–H groups in total. The lowest BCUT2D eigenvalue weighted by Gasteiger charge is -2.23. The maximum atomic E-state index is 4.08. The van der Waals surface area contributed by atoms with Crippen molar-refractivity contribution in [3.8, 4) is 0 Å². The third kappa shape index (κ3) is 6.01. The van der Waals surface area contributed by atoms with Crippen molar-refractivity contribution >= 4 is 49.2 Å². The lowest BCUT2D eigenvalue weighted by atomic mass is 10.2. The monoisotopic (exact) mass is 478 g/mol. The van der Waals surface area contributed by atoms with E-state index in [1.165, 1.54) is 57.5 Å². The van der Waals surface area contributed by atoms with Gasteiger partial charge in [-0.05, 0) is 73.4 Å². The Bertz CT molecular complexity index is 1100. The number of hydrogen-bond acceptors (Lipinski definition) is 0. The highest BCUT2D eigenvalue weighted by Gasteiger charge is 2.18. The van der Waals surface area contributed by atoms with E-state index < -0.39 is 15.8 Å². The molecule has 0 fully saturated rings. The van der Waals surface area contributed by atoms with Crippen LogP contribution in [0.2, 0.25) is 0 Å². The van der Waals surface area contributed by atoms with E-state index in [2.05, 4.69) is 122 Å². The topological polar surface area (TPSA) is 0 Å². The number of hydrogen-bond donors (Lipinski definition) is 0. The van der Waals surface area contributed by atoms with Crippen LogP contribution in [0, 0.1) is 0 Å². The fourth-order valence-corrected chi connectivity index (χ4v) is 9.53. The molecule has 0 aliphatic rings. The van der Waals surface area contributed by atoms with Crippen LogP contribution in [0.25, 0.3) is 12.2 Å². The van der Waals surface area contributed by atoms with E-state index in [0.717, 1.165) is 0 Å². The predicted octanol–water partition coefficient (Wildman–Crippen LogP) is 7.32. The van der Waals surface area contributed by atoms with Crippen molar-refractivity contribution < 1.29 is 0 Å². The summed E-state index contributed by atoms with van der Waals surface area (Å²) >= 11 is 0. The normalized spacial score (nSPS) is 12.6. The van der Waals surface area contributed by atoms with Gasteiger partial charge in [0.2, 0.25) is 0 Å². The van der Waals surface area contributed by atoms with Crippen molar-refractivity contribution in [2.45, 2.75) is 12.8 Å². The Balaban J connectivity index is 1.53. The van der Waals surface area contributed by atoms with Gasteiger partial charge < -0.3 is 0 Å². The molecule has 0 radical (unpaired) electrons. The van der Waals surface area contributed by atoms with E-state index in [9.17, 15) is 0 Å². The van der Waals surface area contributed by atoms with Crippen LogP contribution in [0.1, 0.15) is 24.0 Å². The second kappa shape index (κ2) is 12.6. The average Bonchev–Trinajstić information content (AvgIpc) is 2.92. The molecule has 0 spiro atoms. The standard InChI is InChI=1S/C32H32P2/c1-3-27-17-11-13-23-31(27)33(29-19-7-5-8-20-29)25-15-16-26-34(30-21-9-6-10-22-30)32-24-14-12-18-28(32)4-2/h3-14,17-24H,1-2,15-16,25-26H2. The lowest BCUT2D eigenvalue weighted by molar-refractivity contribution is 0.902. The van der Waals surface area contributed by atoms with Crippen molar-refractivity contribution in [2.75, 3.05) is 12.3 Å². The summed E-state index contributed by atoms with van der Waals surface area (Å²) in [5.74, 6) is 0. The molecule has 2 unspecified atom stereocenters. The third-order valence-corrected chi connectivity index (χ3v) is 11.4. The van der Waals surface area contributed by atoms with Gasteiger partial charge in [0.25, 0.3) is 0 Å². The van der Waals surface area contributed by atoms with E-state index in [-0.39, 0.29) is 0 Å². The highest BCUT2D eigenvalue weighted by Crippen LogP contribution is 2.39. The van der Waals surface area contributed by atoms with E-state index in [1.807, 2.05) is 12.2 Å². The Kier molecular flexibility index (Phi) is 9.04. The molecular weight excluding hydrogens is 446 g/mol. The van der Waals surface area contributed by atoms with Crippen LogP contribution in [-0.2, 0) is 0 Å². The highest BCUT2D eigenvalue weighted by atomic mass is 31.1. The molecule has 0 aliphatic carbocycles. The first kappa shape index (κ1) is 24.3. The second-order valence-electron chi connectivity index (χ2n) is 8.21. The zero-order valence-electron chi connectivity index (χ0n) is 19.7. The van der Waals surface area contributed by atoms with Gasteiger partial charge >= 0.3 is 0 Å². The van der Waals surface area contributed by atoms with Crippen molar-refractivity contribution in [1.82, 2.24) is 0 Å². The highest BCUT2D eigenvalue weighted by molar-refractivity contribution is 7.73. The van der Waals surface area contributed by atoms with Gasteiger partial charge in [-0.3, -0.25) is 0 Å². The summed E-state index contributed by atoms with van der Waals surface area (Å²) in [4.78, 5) is 0. The maximum Gasteiger partial charge on any atom is -0.0123 e. The van der Waals surface area contributed by atoms with Crippen molar-refractivity contribution in [3.63, 3.8) is 0 Å². The molecule has 0 aromatic heterocycles. The molecule has 2 heteroatoms. The zero-order chi connectivity index (χ0) is 23.6. The van der Waals surface area contributed by atoms with Crippen LogP contribution in [0.3, 0.4) is 0 Å². The summed E-state index contributed by atoms with van der Waals surface area (Å²) in [6.07, 6.45) is 8.85. The Labute approximate surface area is 207 Å². The molecule has 0 nitrogen and oxygen atoms in total.